The molecule has 0 atom stereocenters. The summed E-state index contributed by atoms with van der Waals surface area (Å²) >= 11 is 1.71. The van der Waals surface area contributed by atoms with Gasteiger partial charge < -0.3 is 15.1 Å². The average Bonchev–Trinajstić information content (AvgIpc) is 3.05. The summed E-state index contributed by atoms with van der Waals surface area (Å²) in [5.41, 5.74) is 1.82. The molecule has 1 N–H and O–H groups in total. The van der Waals surface area contributed by atoms with Crippen LogP contribution in [-0.2, 0) is 6.54 Å². The van der Waals surface area contributed by atoms with Crippen LogP contribution in [0, 0.1) is 6.92 Å². The molecule has 2 aromatic rings. The van der Waals surface area contributed by atoms with Gasteiger partial charge in [-0.2, -0.15) is 0 Å². The summed E-state index contributed by atoms with van der Waals surface area (Å²) < 4.78 is 0. The van der Waals surface area contributed by atoms with Crippen LogP contribution in [0.5, 0.6) is 0 Å². The van der Waals surface area contributed by atoms with Crippen molar-refractivity contribution < 1.29 is 9.59 Å². The average molecular weight is 357 g/mol. The van der Waals surface area contributed by atoms with Crippen molar-refractivity contribution >= 4 is 28.8 Å². The predicted molar refractivity (Wildman–Crippen MR) is 102 cm³/mol. The van der Waals surface area contributed by atoms with E-state index in [0.717, 1.165) is 24.3 Å². The van der Waals surface area contributed by atoms with Crippen molar-refractivity contribution in [1.82, 2.24) is 10.2 Å². The van der Waals surface area contributed by atoms with E-state index in [1.807, 2.05) is 29.2 Å². The highest BCUT2D eigenvalue weighted by molar-refractivity contribution is 7.11. The molecule has 1 aromatic heterocycles. The summed E-state index contributed by atoms with van der Waals surface area (Å²) in [4.78, 5) is 30.2. The molecule has 1 aromatic carbocycles. The number of carbonyl (C=O) groups excluding carboxylic acids is 2. The molecule has 1 fully saturated rings. The smallest absolute Gasteiger partial charge is 0.317 e. The van der Waals surface area contributed by atoms with Crippen LogP contribution in [0.3, 0.4) is 0 Å². The van der Waals surface area contributed by atoms with Gasteiger partial charge in [-0.15, -0.1) is 11.3 Å². The minimum atomic E-state index is -0.00219. The molecule has 2 heterocycles. The number of piperazine rings is 1. The lowest BCUT2D eigenvalue weighted by Crippen LogP contribution is -2.51. The van der Waals surface area contributed by atoms with Crippen molar-refractivity contribution in [1.29, 1.82) is 0 Å². The Bertz CT molecular complexity index is 746. The molecule has 25 heavy (non-hydrogen) atoms. The second kappa shape index (κ2) is 7.70. The number of aryl methyl sites for hydroxylation is 1. The number of benzene rings is 1. The summed E-state index contributed by atoms with van der Waals surface area (Å²) in [6.45, 7) is 7.22. The van der Waals surface area contributed by atoms with Gasteiger partial charge in [0.2, 0.25) is 0 Å². The summed E-state index contributed by atoms with van der Waals surface area (Å²) in [6, 6.07) is 11.8. The van der Waals surface area contributed by atoms with Gasteiger partial charge in [0.15, 0.2) is 5.78 Å². The van der Waals surface area contributed by atoms with Gasteiger partial charge in [0.25, 0.3) is 0 Å². The largest absolute Gasteiger partial charge is 0.368 e. The molecule has 0 bridgehead atoms. The lowest BCUT2D eigenvalue weighted by molar-refractivity contribution is 0.101. The number of nitrogens with one attached hydrogen (secondary N) is 1. The number of anilines is 1. The molecular weight excluding hydrogens is 334 g/mol. The first-order valence-corrected chi connectivity index (χ1v) is 9.28. The molecule has 132 valence electrons. The molecule has 0 spiro atoms. The molecule has 5 nitrogen and oxygen atoms in total. The highest BCUT2D eigenvalue weighted by Crippen LogP contribution is 2.18. The van der Waals surface area contributed by atoms with Crippen LogP contribution in [0.25, 0.3) is 0 Å². The minimum absolute atomic E-state index is 0.00219. The van der Waals surface area contributed by atoms with Crippen LogP contribution >= 0.6 is 11.3 Å². The van der Waals surface area contributed by atoms with E-state index >= 15 is 0 Å². The SMILES string of the molecule is CC(=O)c1ccc(N2CCN(C(=O)NCc3ccc(C)s3)CC2)cc1. The van der Waals surface area contributed by atoms with Crippen LogP contribution in [0.4, 0.5) is 10.5 Å². The Morgan fingerprint density at radius 2 is 1.72 bits per heavy atom. The highest BCUT2D eigenvalue weighted by Gasteiger charge is 2.21. The zero-order valence-electron chi connectivity index (χ0n) is 14.6. The fourth-order valence-electron chi connectivity index (χ4n) is 2.93. The van der Waals surface area contributed by atoms with Crippen LogP contribution in [-0.4, -0.2) is 42.9 Å². The number of rotatable bonds is 4. The number of hydrogen-bond acceptors (Lipinski definition) is 4. The molecular formula is C19H23N3O2S. The molecule has 0 saturated carbocycles. The third-order valence-corrected chi connectivity index (χ3v) is 5.42. The van der Waals surface area contributed by atoms with Crippen molar-refractivity contribution in [2.45, 2.75) is 20.4 Å². The monoisotopic (exact) mass is 357 g/mol. The van der Waals surface area contributed by atoms with E-state index in [-0.39, 0.29) is 11.8 Å². The molecule has 1 aliphatic rings. The number of urea groups is 1. The zero-order valence-corrected chi connectivity index (χ0v) is 15.4. The van der Waals surface area contributed by atoms with Gasteiger partial charge in [-0.3, -0.25) is 4.79 Å². The molecule has 2 amide bonds. The van der Waals surface area contributed by atoms with Crippen molar-refractivity contribution in [3.63, 3.8) is 0 Å². The predicted octanol–water partition coefficient (Wildman–Crippen LogP) is 3.29. The number of Topliss-reactive ketones (excluding diaryl/α,β-unsaturated/α-hetero) is 1. The first-order valence-electron chi connectivity index (χ1n) is 8.47. The van der Waals surface area contributed by atoms with Crippen molar-refractivity contribution in [2.24, 2.45) is 0 Å². The Morgan fingerprint density at radius 1 is 1.04 bits per heavy atom. The second-order valence-electron chi connectivity index (χ2n) is 6.25. The van der Waals surface area contributed by atoms with Crippen molar-refractivity contribution in [3.8, 4) is 0 Å². The van der Waals surface area contributed by atoms with E-state index in [4.69, 9.17) is 0 Å². The number of ketones is 1. The van der Waals surface area contributed by atoms with E-state index in [9.17, 15) is 9.59 Å². The number of thiophene rings is 1. The van der Waals surface area contributed by atoms with Crippen molar-refractivity contribution in [2.75, 3.05) is 31.1 Å². The van der Waals surface area contributed by atoms with Crippen LogP contribution in [0.1, 0.15) is 27.0 Å². The molecule has 3 rings (SSSR count). The van der Waals surface area contributed by atoms with Crippen molar-refractivity contribution in [3.05, 3.63) is 51.7 Å². The lowest BCUT2D eigenvalue weighted by atomic mass is 10.1. The van der Waals surface area contributed by atoms with Gasteiger partial charge in [-0.1, -0.05) is 0 Å². The first-order chi connectivity index (χ1) is 12.0. The number of amides is 2. The quantitative estimate of drug-likeness (QED) is 0.855. The normalized spacial score (nSPS) is 14.5. The molecule has 0 aliphatic carbocycles. The number of hydrogen-bond donors (Lipinski definition) is 1. The van der Waals surface area contributed by atoms with E-state index in [0.29, 0.717) is 19.6 Å². The van der Waals surface area contributed by atoms with Gasteiger partial charge >= 0.3 is 6.03 Å². The fourth-order valence-corrected chi connectivity index (χ4v) is 3.76. The standard InChI is InChI=1S/C19H23N3O2S/c1-14-3-8-18(25-14)13-20-19(24)22-11-9-21(10-12-22)17-6-4-16(5-7-17)15(2)23/h3-8H,9-13H2,1-2H3,(H,20,24). The number of nitrogens with zero attached hydrogens (tertiary/aromatic N) is 2. The highest BCUT2D eigenvalue weighted by atomic mass is 32.1. The topological polar surface area (TPSA) is 52.7 Å². The summed E-state index contributed by atoms with van der Waals surface area (Å²) in [5.74, 6) is 0.0778. The van der Waals surface area contributed by atoms with E-state index in [2.05, 4.69) is 29.3 Å². The Kier molecular flexibility index (Phi) is 5.38. The van der Waals surface area contributed by atoms with Gasteiger partial charge in [-0.05, 0) is 50.2 Å². The maximum Gasteiger partial charge on any atom is 0.317 e. The van der Waals surface area contributed by atoms with Gasteiger partial charge in [-0.25, -0.2) is 4.79 Å². The van der Waals surface area contributed by atoms with E-state index in [1.165, 1.54) is 9.75 Å². The van der Waals surface area contributed by atoms with Gasteiger partial charge in [0, 0.05) is 47.2 Å². The Labute approximate surface area is 152 Å². The maximum absolute atomic E-state index is 12.3. The molecule has 0 unspecified atom stereocenters. The Morgan fingerprint density at radius 3 is 2.28 bits per heavy atom. The van der Waals surface area contributed by atoms with Crippen LogP contribution in [0.2, 0.25) is 0 Å². The third-order valence-electron chi connectivity index (χ3n) is 4.42. The molecule has 0 radical (unpaired) electrons. The molecule has 1 aliphatic heterocycles. The summed E-state index contributed by atoms with van der Waals surface area (Å²) in [7, 11) is 0. The van der Waals surface area contributed by atoms with Crippen LogP contribution < -0.4 is 10.2 Å². The van der Waals surface area contributed by atoms with E-state index in [1.54, 1.807) is 18.3 Å². The molecule has 1 saturated heterocycles. The fraction of sp³-hybridized carbons (Fsp3) is 0.368. The third kappa shape index (κ3) is 4.39. The summed E-state index contributed by atoms with van der Waals surface area (Å²) in [5, 5.41) is 3.00. The maximum atomic E-state index is 12.3. The minimum Gasteiger partial charge on any atom is -0.368 e. The van der Waals surface area contributed by atoms with Gasteiger partial charge in [0.05, 0.1) is 6.54 Å². The Hall–Kier alpha value is -2.34. The lowest BCUT2D eigenvalue weighted by Gasteiger charge is -2.36. The Balaban J connectivity index is 1.49. The van der Waals surface area contributed by atoms with Crippen LogP contribution in [0.15, 0.2) is 36.4 Å². The molecule has 6 heteroatoms. The first kappa shape index (κ1) is 17.5. The zero-order chi connectivity index (χ0) is 17.8. The van der Waals surface area contributed by atoms with Gasteiger partial charge in [0.1, 0.15) is 0 Å². The number of carbonyl (C=O) groups is 2. The van der Waals surface area contributed by atoms with E-state index < -0.39 is 0 Å². The second-order valence-corrected chi connectivity index (χ2v) is 7.62. The summed E-state index contributed by atoms with van der Waals surface area (Å²) in [6.07, 6.45) is 0.